The Labute approximate surface area is 256 Å². The second kappa shape index (κ2) is 9.97. The van der Waals surface area contributed by atoms with E-state index in [4.69, 9.17) is 19.4 Å². The molecule has 44 heavy (non-hydrogen) atoms. The molecule has 206 valence electrons. The molecule has 0 fully saturated rings. The van der Waals surface area contributed by atoms with Crippen molar-refractivity contribution >= 4 is 53.4 Å². The normalized spacial score (nSPS) is 11.6. The van der Waals surface area contributed by atoms with Gasteiger partial charge in [0.1, 0.15) is 11.2 Å². The maximum Gasteiger partial charge on any atom is 0.164 e. The lowest BCUT2D eigenvalue weighted by molar-refractivity contribution is 0.669. The third-order valence-electron chi connectivity index (χ3n) is 8.16. The first-order chi connectivity index (χ1) is 21.8. The molecule has 0 spiro atoms. The minimum atomic E-state index is 0.606. The first-order valence-electron chi connectivity index (χ1n) is 14.5. The third kappa shape index (κ3) is 4.17. The molecular formula is C39H23N3OS. The second-order valence-electron chi connectivity index (χ2n) is 10.9. The van der Waals surface area contributed by atoms with Crippen LogP contribution in [-0.2, 0) is 0 Å². The average molecular weight is 582 g/mol. The molecule has 0 unspecified atom stereocenters. The van der Waals surface area contributed by atoms with Crippen LogP contribution in [0.25, 0.3) is 87.4 Å². The van der Waals surface area contributed by atoms with Crippen LogP contribution in [0.1, 0.15) is 0 Å². The van der Waals surface area contributed by atoms with Crippen molar-refractivity contribution in [2.45, 2.75) is 0 Å². The van der Waals surface area contributed by atoms with Gasteiger partial charge in [0, 0.05) is 47.6 Å². The third-order valence-corrected chi connectivity index (χ3v) is 9.31. The Morgan fingerprint density at radius 2 is 0.909 bits per heavy atom. The summed E-state index contributed by atoms with van der Waals surface area (Å²) in [6.45, 7) is 0. The summed E-state index contributed by atoms with van der Waals surface area (Å²) in [5.74, 6) is 1.87. The minimum Gasteiger partial charge on any atom is -0.456 e. The number of rotatable bonds is 4. The lowest BCUT2D eigenvalue weighted by atomic mass is 10.0. The predicted octanol–water partition coefficient (Wildman–Crippen LogP) is 10.8. The van der Waals surface area contributed by atoms with Crippen LogP contribution in [0.4, 0.5) is 0 Å². The number of thiophene rings is 1. The fourth-order valence-electron chi connectivity index (χ4n) is 5.94. The first kappa shape index (κ1) is 24.9. The van der Waals surface area contributed by atoms with Gasteiger partial charge in [0.05, 0.1) is 0 Å². The number of fused-ring (bicyclic) bond motifs is 6. The lowest BCUT2D eigenvalue weighted by Crippen LogP contribution is -2.00. The maximum atomic E-state index is 6.21. The summed E-state index contributed by atoms with van der Waals surface area (Å²) in [6.07, 6.45) is 0. The second-order valence-corrected chi connectivity index (χ2v) is 12.0. The molecule has 3 heterocycles. The molecule has 0 saturated carbocycles. The molecule has 0 saturated heterocycles. The quantitative estimate of drug-likeness (QED) is 0.207. The van der Waals surface area contributed by atoms with Gasteiger partial charge in [0.2, 0.25) is 0 Å². The van der Waals surface area contributed by atoms with Gasteiger partial charge in [-0.1, -0.05) is 97.1 Å². The van der Waals surface area contributed by atoms with Gasteiger partial charge in [-0.3, -0.25) is 0 Å². The van der Waals surface area contributed by atoms with E-state index in [2.05, 4.69) is 109 Å². The monoisotopic (exact) mass is 581 g/mol. The molecule has 0 amide bonds. The molecule has 6 aromatic carbocycles. The first-order valence-corrected chi connectivity index (χ1v) is 15.3. The van der Waals surface area contributed by atoms with Crippen LogP contribution in [-0.4, -0.2) is 15.0 Å². The van der Waals surface area contributed by atoms with Crippen molar-refractivity contribution in [1.29, 1.82) is 0 Å². The van der Waals surface area contributed by atoms with Crippen molar-refractivity contribution in [3.8, 4) is 45.3 Å². The zero-order valence-corrected chi connectivity index (χ0v) is 24.3. The Bertz CT molecular complexity index is 2490. The van der Waals surface area contributed by atoms with E-state index in [0.29, 0.717) is 17.5 Å². The van der Waals surface area contributed by atoms with Crippen LogP contribution >= 0.6 is 11.3 Å². The largest absolute Gasteiger partial charge is 0.456 e. The molecule has 5 heteroatoms. The van der Waals surface area contributed by atoms with Crippen molar-refractivity contribution in [3.05, 3.63) is 140 Å². The summed E-state index contributed by atoms with van der Waals surface area (Å²) in [5, 5.41) is 4.63. The predicted molar refractivity (Wildman–Crippen MR) is 182 cm³/mol. The molecule has 0 aliphatic heterocycles. The van der Waals surface area contributed by atoms with Gasteiger partial charge in [-0.15, -0.1) is 11.3 Å². The van der Waals surface area contributed by atoms with E-state index in [9.17, 15) is 0 Å². The van der Waals surface area contributed by atoms with Gasteiger partial charge < -0.3 is 4.42 Å². The maximum absolute atomic E-state index is 6.21. The van der Waals surface area contributed by atoms with E-state index in [0.717, 1.165) is 44.2 Å². The highest BCUT2D eigenvalue weighted by molar-refractivity contribution is 7.25. The Hall–Kier alpha value is -5.65. The molecule has 3 aromatic heterocycles. The minimum absolute atomic E-state index is 0.606. The molecule has 9 aromatic rings. The van der Waals surface area contributed by atoms with Crippen molar-refractivity contribution in [1.82, 2.24) is 15.0 Å². The molecular weight excluding hydrogens is 559 g/mol. The molecule has 0 bridgehead atoms. The topological polar surface area (TPSA) is 51.8 Å². The van der Waals surface area contributed by atoms with E-state index >= 15 is 0 Å². The van der Waals surface area contributed by atoms with Crippen molar-refractivity contribution in [3.63, 3.8) is 0 Å². The van der Waals surface area contributed by atoms with E-state index in [1.165, 1.54) is 25.7 Å². The van der Waals surface area contributed by atoms with Crippen LogP contribution in [0.5, 0.6) is 0 Å². The molecule has 0 N–H and O–H groups in total. The zero-order chi connectivity index (χ0) is 29.0. The van der Waals surface area contributed by atoms with E-state index in [1.807, 2.05) is 30.3 Å². The molecule has 0 radical (unpaired) electrons. The summed E-state index contributed by atoms with van der Waals surface area (Å²) in [4.78, 5) is 15.1. The summed E-state index contributed by atoms with van der Waals surface area (Å²) in [5.41, 5.74) is 6.76. The number of hydrogen-bond acceptors (Lipinski definition) is 5. The highest BCUT2D eigenvalue weighted by atomic mass is 32.1. The number of furan rings is 1. The SMILES string of the molecule is c1ccc(-c2ccc(-c3nc(-c4ccc5c(c4)oc4ccccc45)nc(-c4ccc5sc6ccccc6c5c4)n3)cc2)cc1. The van der Waals surface area contributed by atoms with Gasteiger partial charge in [-0.25, -0.2) is 15.0 Å². The number of para-hydroxylation sites is 1. The lowest BCUT2D eigenvalue weighted by Gasteiger charge is -2.09. The van der Waals surface area contributed by atoms with E-state index in [-0.39, 0.29) is 0 Å². The van der Waals surface area contributed by atoms with Crippen LogP contribution in [0.3, 0.4) is 0 Å². The Balaban J connectivity index is 1.22. The van der Waals surface area contributed by atoms with Gasteiger partial charge in [0.15, 0.2) is 17.5 Å². The fraction of sp³-hybridized carbons (Fsp3) is 0. The van der Waals surface area contributed by atoms with E-state index in [1.54, 1.807) is 11.3 Å². The standard InChI is InChI=1S/C39H23N3OS/c1-2-8-24(9-3-1)25-14-16-26(17-15-25)37-40-38(27-19-21-36-32(22-27)31-11-5-7-13-35(31)44-36)42-39(41-37)28-18-20-30-29-10-4-6-12-33(29)43-34(30)23-28/h1-23H. The van der Waals surface area contributed by atoms with Gasteiger partial charge >= 0.3 is 0 Å². The molecule has 4 nitrogen and oxygen atoms in total. The number of aromatic nitrogens is 3. The average Bonchev–Trinajstić information content (AvgIpc) is 3.66. The molecule has 0 atom stereocenters. The highest BCUT2D eigenvalue weighted by Crippen LogP contribution is 2.37. The Morgan fingerprint density at radius 1 is 0.364 bits per heavy atom. The van der Waals surface area contributed by atoms with Gasteiger partial charge in [-0.05, 0) is 53.6 Å². The summed E-state index contributed by atoms with van der Waals surface area (Å²) >= 11 is 1.80. The van der Waals surface area contributed by atoms with Crippen LogP contribution in [0, 0.1) is 0 Å². The zero-order valence-electron chi connectivity index (χ0n) is 23.4. The van der Waals surface area contributed by atoms with Gasteiger partial charge in [-0.2, -0.15) is 0 Å². The van der Waals surface area contributed by atoms with Crippen molar-refractivity contribution < 1.29 is 4.42 Å². The summed E-state index contributed by atoms with van der Waals surface area (Å²) in [7, 11) is 0. The summed E-state index contributed by atoms with van der Waals surface area (Å²) in [6, 6.07) is 48.1. The van der Waals surface area contributed by atoms with Crippen LogP contribution in [0.15, 0.2) is 144 Å². The summed E-state index contributed by atoms with van der Waals surface area (Å²) < 4.78 is 8.73. The van der Waals surface area contributed by atoms with Crippen molar-refractivity contribution in [2.24, 2.45) is 0 Å². The number of nitrogens with zero attached hydrogens (tertiary/aromatic N) is 3. The smallest absolute Gasteiger partial charge is 0.164 e. The highest BCUT2D eigenvalue weighted by Gasteiger charge is 2.16. The molecule has 0 aliphatic rings. The fourth-order valence-corrected chi connectivity index (χ4v) is 7.02. The Morgan fingerprint density at radius 3 is 1.73 bits per heavy atom. The van der Waals surface area contributed by atoms with Crippen molar-refractivity contribution in [2.75, 3.05) is 0 Å². The number of hydrogen-bond donors (Lipinski definition) is 0. The van der Waals surface area contributed by atoms with Gasteiger partial charge in [0.25, 0.3) is 0 Å². The molecule has 0 aliphatic carbocycles. The van der Waals surface area contributed by atoms with Crippen LogP contribution in [0.2, 0.25) is 0 Å². The van der Waals surface area contributed by atoms with E-state index < -0.39 is 0 Å². The molecule has 9 rings (SSSR count). The van der Waals surface area contributed by atoms with Crippen LogP contribution < -0.4 is 0 Å². The Kier molecular flexibility index (Phi) is 5.64. The number of benzene rings is 6.